The first-order chi connectivity index (χ1) is 9.87. The first kappa shape index (κ1) is 15.7. The van der Waals surface area contributed by atoms with E-state index in [1.807, 2.05) is 0 Å². The minimum atomic E-state index is -3.94. The van der Waals surface area contributed by atoms with E-state index in [0.717, 1.165) is 11.3 Å². The van der Waals surface area contributed by atoms with Crippen molar-refractivity contribution in [1.29, 1.82) is 0 Å². The SMILES string of the molecule is COC(=O)c1cc(S(=O)(=O)Nc2nc(OC)n[nH]2)c(Br)s1. The van der Waals surface area contributed by atoms with Crippen LogP contribution in [0.2, 0.25) is 0 Å². The van der Waals surface area contributed by atoms with Crippen LogP contribution in [0.25, 0.3) is 0 Å². The van der Waals surface area contributed by atoms with E-state index < -0.39 is 16.0 Å². The molecule has 2 rings (SSSR count). The van der Waals surface area contributed by atoms with Gasteiger partial charge in [-0.1, -0.05) is 0 Å². The van der Waals surface area contributed by atoms with Crippen LogP contribution in [0.1, 0.15) is 9.67 Å². The van der Waals surface area contributed by atoms with Crippen LogP contribution in [0.15, 0.2) is 14.7 Å². The molecule has 2 aromatic heterocycles. The maximum Gasteiger partial charge on any atom is 0.348 e. The number of H-pyrrole nitrogens is 1. The number of rotatable bonds is 5. The lowest BCUT2D eigenvalue weighted by atomic mass is 10.5. The summed E-state index contributed by atoms with van der Waals surface area (Å²) in [6.07, 6.45) is 0. The molecular weight excluding hydrogens is 388 g/mol. The van der Waals surface area contributed by atoms with Crippen molar-refractivity contribution in [3.05, 3.63) is 14.7 Å². The molecular formula is C9H9BrN4O5S2. The Morgan fingerprint density at radius 3 is 2.76 bits per heavy atom. The average Bonchev–Trinajstić information content (AvgIpc) is 3.04. The number of ether oxygens (including phenoxy) is 2. The molecule has 0 fully saturated rings. The van der Waals surface area contributed by atoms with Crippen molar-refractivity contribution in [2.24, 2.45) is 0 Å². The normalized spacial score (nSPS) is 11.2. The van der Waals surface area contributed by atoms with E-state index >= 15 is 0 Å². The van der Waals surface area contributed by atoms with Gasteiger partial charge in [0.05, 0.1) is 18.0 Å². The lowest BCUT2D eigenvalue weighted by Crippen LogP contribution is -2.13. The third kappa shape index (κ3) is 3.33. The fourth-order valence-corrected chi connectivity index (χ4v) is 4.74. The van der Waals surface area contributed by atoms with Gasteiger partial charge in [0.1, 0.15) is 9.77 Å². The predicted molar refractivity (Wildman–Crippen MR) is 77.1 cm³/mol. The van der Waals surface area contributed by atoms with E-state index in [2.05, 4.69) is 40.6 Å². The Labute approximate surface area is 131 Å². The Kier molecular flexibility index (Phi) is 4.49. The van der Waals surface area contributed by atoms with Gasteiger partial charge in [0.25, 0.3) is 10.0 Å². The van der Waals surface area contributed by atoms with Crippen LogP contribution in [0.4, 0.5) is 5.95 Å². The molecule has 0 amide bonds. The molecule has 0 aliphatic heterocycles. The fourth-order valence-electron chi connectivity index (χ4n) is 1.30. The second-order valence-electron chi connectivity index (χ2n) is 3.52. The maximum atomic E-state index is 12.2. The third-order valence-corrected chi connectivity index (χ3v) is 5.78. The van der Waals surface area contributed by atoms with Crippen molar-refractivity contribution in [2.75, 3.05) is 18.9 Å². The lowest BCUT2D eigenvalue weighted by molar-refractivity contribution is 0.0606. The zero-order valence-corrected chi connectivity index (χ0v) is 13.9. The summed E-state index contributed by atoms with van der Waals surface area (Å²) in [4.78, 5) is 15.2. The number of nitrogens with one attached hydrogen (secondary N) is 2. The van der Waals surface area contributed by atoms with Gasteiger partial charge < -0.3 is 9.47 Å². The summed E-state index contributed by atoms with van der Waals surface area (Å²) in [6.45, 7) is 0. The monoisotopic (exact) mass is 396 g/mol. The number of carbonyl (C=O) groups is 1. The van der Waals surface area contributed by atoms with Gasteiger partial charge in [-0.25, -0.2) is 23.0 Å². The third-order valence-electron chi connectivity index (χ3n) is 2.21. The summed E-state index contributed by atoms with van der Waals surface area (Å²) in [5.41, 5.74) is 0. The second kappa shape index (κ2) is 5.99. The van der Waals surface area contributed by atoms with Crippen molar-refractivity contribution in [3.63, 3.8) is 0 Å². The quantitative estimate of drug-likeness (QED) is 0.728. The van der Waals surface area contributed by atoms with E-state index in [4.69, 9.17) is 4.74 Å². The number of aromatic amines is 1. The lowest BCUT2D eigenvalue weighted by Gasteiger charge is -2.02. The van der Waals surface area contributed by atoms with Crippen molar-refractivity contribution in [3.8, 4) is 6.01 Å². The number of hydrogen-bond acceptors (Lipinski definition) is 8. The first-order valence-electron chi connectivity index (χ1n) is 5.24. The van der Waals surface area contributed by atoms with Crippen LogP contribution in [-0.2, 0) is 14.8 Å². The van der Waals surface area contributed by atoms with Crippen molar-refractivity contribution < 1.29 is 22.7 Å². The summed E-state index contributed by atoms with van der Waals surface area (Å²) in [5.74, 6) is -0.729. The Morgan fingerprint density at radius 1 is 1.48 bits per heavy atom. The highest BCUT2D eigenvalue weighted by molar-refractivity contribution is 9.11. The molecule has 0 atom stereocenters. The van der Waals surface area contributed by atoms with Crippen molar-refractivity contribution in [2.45, 2.75) is 4.90 Å². The summed E-state index contributed by atoms with van der Waals surface area (Å²) in [6, 6.07) is 1.20. The molecule has 0 aliphatic rings. The molecule has 0 saturated heterocycles. The number of nitrogens with zero attached hydrogens (tertiary/aromatic N) is 2. The number of esters is 1. The number of thiophene rings is 1. The van der Waals surface area contributed by atoms with Gasteiger partial charge >= 0.3 is 12.0 Å². The zero-order chi connectivity index (χ0) is 15.6. The fraction of sp³-hybridized carbons (Fsp3) is 0.222. The number of hydrogen-bond donors (Lipinski definition) is 2. The number of methoxy groups -OCH3 is 2. The van der Waals surface area contributed by atoms with Crippen LogP contribution < -0.4 is 9.46 Å². The highest BCUT2D eigenvalue weighted by atomic mass is 79.9. The Bertz CT molecular complexity index is 769. The molecule has 0 spiro atoms. The molecule has 2 aromatic rings. The predicted octanol–water partition coefficient (Wildman–Crippen LogP) is 1.22. The van der Waals surface area contributed by atoms with Gasteiger partial charge in [-0.15, -0.1) is 16.4 Å². The number of carbonyl (C=O) groups excluding carboxylic acids is 1. The highest BCUT2D eigenvalue weighted by Gasteiger charge is 2.24. The molecule has 0 aromatic carbocycles. The summed E-state index contributed by atoms with van der Waals surface area (Å²) < 4.78 is 36.2. The van der Waals surface area contributed by atoms with E-state index in [1.165, 1.54) is 20.3 Å². The van der Waals surface area contributed by atoms with Crippen LogP contribution in [0.5, 0.6) is 6.01 Å². The molecule has 0 bridgehead atoms. The van der Waals surface area contributed by atoms with Crippen molar-refractivity contribution in [1.82, 2.24) is 15.2 Å². The Hall–Kier alpha value is -1.66. The van der Waals surface area contributed by atoms with E-state index in [-0.39, 0.29) is 25.5 Å². The van der Waals surface area contributed by atoms with Gasteiger partial charge in [-0.3, -0.25) is 0 Å². The van der Waals surface area contributed by atoms with Gasteiger partial charge in [0.2, 0.25) is 5.95 Å². The number of halogens is 1. The van der Waals surface area contributed by atoms with Crippen LogP contribution in [-0.4, -0.2) is 43.8 Å². The first-order valence-corrected chi connectivity index (χ1v) is 8.33. The van der Waals surface area contributed by atoms with Crippen LogP contribution >= 0.6 is 27.3 Å². The maximum absolute atomic E-state index is 12.2. The molecule has 0 unspecified atom stereocenters. The smallest absolute Gasteiger partial charge is 0.348 e. The molecule has 9 nitrogen and oxygen atoms in total. The zero-order valence-electron chi connectivity index (χ0n) is 10.7. The van der Waals surface area contributed by atoms with E-state index in [9.17, 15) is 13.2 Å². The van der Waals surface area contributed by atoms with Crippen molar-refractivity contribution >= 4 is 49.2 Å². The molecule has 21 heavy (non-hydrogen) atoms. The number of anilines is 1. The minimum absolute atomic E-state index is 0.00710. The molecule has 0 aliphatic carbocycles. The topological polar surface area (TPSA) is 123 Å². The van der Waals surface area contributed by atoms with E-state index in [1.54, 1.807) is 0 Å². The van der Waals surface area contributed by atoms with Gasteiger partial charge in [0.15, 0.2) is 0 Å². The van der Waals surface area contributed by atoms with Gasteiger partial charge in [-0.05, 0) is 22.0 Å². The van der Waals surface area contributed by atoms with Gasteiger partial charge in [0, 0.05) is 0 Å². The Morgan fingerprint density at radius 2 is 2.19 bits per heavy atom. The molecule has 114 valence electrons. The summed E-state index contributed by atoms with van der Waals surface area (Å²) in [5, 5.41) is 5.98. The average molecular weight is 397 g/mol. The standard InChI is InChI=1S/C9H9BrN4O5S2/c1-18-7(15)4-3-5(6(10)20-4)21(16,17)14-8-11-9(19-2)13-12-8/h3H,1-2H3,(H2,11,12,13,14). The van der Waals surface area contributed by atoms with E-state index in [0.29, 0.717) is 0 Å². The molecule has 12 heteroatoms. The molecule has 0 radical (unpaired) electrons. The number of sulfonamides is 1. The van der Waals surface area contributed by atoms with Crippen LogP contribution in [0.3, 0.4) is 0 Å². The summed E-state index contributed by atoms with van der Waals surface area (Å²) >= 11 is 4.05. The number of aromatic nitrogens is 3. The van der Waals surface area contributed by atoms with Crippen LogP contribution in [0, 0.1) is 0 Å². The molecule has 2 heterocycles. The second-order valence-corrected chi connectivity index (χ2v) is 7.54. The Balaban J connectivity index is 2.31. The molecule has 2 N–H and O–H groups in total. The largest absolute Gasteiger partial charge is 0.466 e. The summed E-state index contributed by atoms with van der Waals surface area (Å²) in [7, 11) is -1.39. The highest BCUT2D eigenvalue weighted by Crippen LogP contribution is 2.32. The van der Waals surface area contributed by atoms with Gasteiger partial charge in [-0.2, -0.15) is 4.98 Å². The minimum Gasteiger partial charge on any atom is -0.466 e. The molecule has 0 saturated carbocycles.